The first-order valence-electron chi connectivity index (χ1n) is 9.16. The van der Waals surface area contributed by atoms with E-state index in [2.05, 4.69) is 0 Å². The highest BCUT2D eigenvalue weighted by Crippen LogP contribution is 2.34. The van der Waals surface area contributed by atoms with Crippen LogP contribution in [0.25, 0.3) is 0 Å². The first-order valence-corrected chi connectivity index (χ1v) is 10.4. The SMILES string of the molecule is CCOc1ccc(C[C@@H]2SC(=O)N(Cc3ccc(Cl)cc3)C2=O)c(OCC)c1. The number of carbonyl (C=O) groups excluding carboxylic acids is 2. The highest BCUT2D eigenvalue weighted by atomic mass is 35.5. The molecule has 3 rings (SSSR count). The largest absolute Gasteiger partial charge is 0.494 e. The van der Waals surface area contributed by atoms with Crippen LogP contribution in [0.15, 0.2) is 42.5 Å². The molecule has 1 atom stereocenters. The lowest BCUT2D eigenvalue weighted by Crippen LogP contribution is -2.31. The Bertz CT molecular complexity index is 856. The fraction of sp³-hybridized carbons (Fsp3) is 0.333. The molecule has 0 saturated carbocycles. The molecule has 7 heteroatoms. The summed E-state index contributed by atoms with van der Waals surface area (Å²) in [5.41, 5.74) is 1.75. The monoisotopic (exact) mass is 419 g/mol. The fourth-order valence-corrected chi connectivity index (χ4v) is 4.13. The van der Waals surface area contributed by atoms with Crippen molar-refractivity contribution in [1.29, 1.82) is 0 Å². The molecule has 1 fully saturated rings. The molecule has 0 radical (unpaired) electrons. The topological polar surface area (TPSA) is 55.8 Å². The van der Waals surface area contributed by atoms with E-state index in [4.69, 9.17) is 21.1 Å². The summed E-state index contributed by atoms with van der Waals surface area (Å²) in [5, 5.41) is -0.0696. The van der Waals surface area contributed by atoms with Crippen molar-refractivity contribution < 1.29 is 19.1 Å². The third-order valence-corrected chi connectivity index (χ3v) is 5.64. The van der Waals surface area contributed by atoms with Gasteiger partial charge in [0.25, 0.3) is 5.24 Å². The number of nitrogens with zero attached hydrogens (tertiary/aromatic N) is 1. The highest BCUT2D eigenvalue weighted by Gasteiger charge is 2.39. The van der Waals surface area contributed by atoms with Gasteiger partial charge in [0.15, 0.2) is 0 Å². The van der Waals surface area contributed by atoms with Gasteiger partial charge in [-0.2, -0.15) is 0 Å². The molecule has 2 aromatic rings. The smallest absolute Gasteiger partial charge is 0.289 e. The van der Waals surface area contributed by atoms with E-state index < -0.39 is 5.25 Å². The summed E-state index contributed by atoms with van der Waals surface area (Å²) >= 11 is 6.96. The minimum absolute atomic E-state index is 0.179. The maximum atomic E-state index is 12.8. The van der Waals surface area contributed by atoms with Gasteiger partial charge in [-0.25, -0.2) is 0 Å². The Morgan fingerprint density at radius 3 is 2.43 bits per heavy atom. The van der Waals surface area contributed by atoms with Crippen molar-refractivity contribution in [2.24, 2.45) is 0 Å². The van der Waals surface area contributed by atoms with Crippen LogP contribution in [-0.2, 0) is 17.8 Å². The Kier molecular flexibility index (Phi) is 6.86. The molecule has 0 spiro atoms. The molecule has 0 aliphatic carbocycles. The molecular formula is C21H22ClNO4S. The lowest BCUT2D eigenvalue weighted by atomic mass is 10.1. The van der Waals surface area contributed by atoms with Gasteiger partial charge in [-0.1, -0.05) is 41.6 Å². The highest BCUT2D eigenvalue weighted by molar-refractivity contribution is 8.15. The van der Waals surface area contributed by atoms with E-state index in [0.717, 1.165) is 28.6 Å². The van der Waals surface area contributed by atoms with Crippen molar-refractivity contribution in [2.75, 3.05) is 13.2 Å². The molecule has 5 nitrogen and oxygen atoms in total. The van der Waals surface area contributed by atoms with Gasteiger partial charge in [-0.05, 0) is 49.6 Å². The lowest BCUT2D eigenvalue weighted by molar-refractivity contribution is -0.127. The quantitative estimate of drug-likeness (QED) is 0.606. The molecule has 28 heavy (non-hydrogen) atoms. The van der Waals surface area contributed by atoms with Crippen molar-refractivity contribution in [1.82, 2.24) is 4.90 Å². The van der Waals surface area contributed by atoms with Gasteiger partial charge in [0.05, 0.1) is 25.0 Å². The molecule has 1 saturated heterocycles. The van der Waals surface area contributed by atoms with Gasteiger partial charge in [0.2, 0.25) is 5.91 Å². The zero-order valence-corrected chi connectivity index (χ0v) is 17.4. The van der Waals surface area contributed by atoms with Gasteiger partial charge >= 0.3 is 0 Å². The van der Waals surface area contributed by atoms with Gasteiger partial charge in [-0.3, -0.25) is 14.5 Å². The van der Waals surface area contributed by atoms with Crippen LogP contribution in [0.1, 0.15) is 25.0 Å². The second kappa shape index (κ2) is 9.34. The summed E-state index contributed by atoms with van der Waals surface area (Å²) in [6.07, 6.45) is 0.425. The van der Waals surface area contributed by atoms with E-state index >= 15 is 0 Å². The molecule has 0 aromatic heterocycles. The Balaban J connectivity index is 1.73. The van der Waals surface area contributed by atoms with Crippen molar-refractivity contribution in [3.63, 3.8) is 0 Å². The number of thioether (sulfide) groups is 1. The van der Waals surface area contributed by atoms with Crippen LogP contribution in [0.3, 0.4) is 0 Å². The summed E-state index contributed by atoms with van der Waals surface area (Å²) in [7, 11) is 0. The number of halogens is 1. The number of hydrogen-bond acceptors (Lipinski definition) is 5. The number of amides is 2. The van der Waals surface area contributed by atoms with E-state index in [1.807, 2.05) is 44.2 Å². The first-order chi connectivity index (χ1) is 13.5. The van der Waals surface area contributed by atoms with Crippen LogP contribution in [0.4, 0.5) is 4.79 Å². The van der Waals surface area contributed by atoms with E-state index in [-0.39, 0.29) is 17.7 Å². The Morgan fingerprint density at radius 1 is 1.04 bits per heavy atom. The summed E-state index contributed by atoms with van der Waals surface area (Å²) in [6.45, 7) is 5.15. The van der Waals surface area contributed by atoms with Crippen LogP contribution < -0.4 is 9.47 Å². The second-order valence-corrected chi connectivity index (χ2v) is 7.85. The third kappa shape index (κ3) is 4.80. The van der Waals surface area contributed by atoms with Gasteiger partial charge < -0.3 is 9.47 Å². The number of imide groups is 1. The second-order valence-electron chi connectivity index (χ2n) is 6.26. The van der Waals surface area contributed by atoms with E-state index in [0.29, 0.717) is 30.4 Å². The van der Waals surface area contributed by atoms with E-state index in [1.54, 1.807) is 12.1 Å². The van der Waals surface area contributed by atoms with Crippen LogP contribution in [0.2, 0.25) is 5.02 Å². The van der Waals surface area contributed by atoms with Crippen LogP contribution in [0, 0.1) is 0 Å². The molecule has 0 N–H and O–H groups in total. The number of rotatable bonds is 8. The molecular weight excluding hydrogens is 398 g/mol. The Morgan fingerprint density at radius 2 is 1.75 bits per heavy atom. The van der Waals surface area contributed by atoms with Gasteiger partial charge in [0.1, 0.15) is 11.5 Å². The Hall–Kier alpha value is -2.18. The van der Waals surface area contributed by atoms with E-state index in [9.17, 15) is 9.59 Å². The average Bonchev–Trinajstić information content (AvgIpc) is 2.93. The summed E-state index contributed by atoms with van der Waals surface area (Å²) < 4.78 is 11.2. The van der Waals surface area contributed by atoms with E-state index in [1.165, 1.54) is 4.90 Å². The summed E-state index contributed by atoms with van der Waals surface area (Å²) in [5.74, 6) is 1.23. The predicted octanol–water partition coefficient (Wildman–Crippen LogP) is 4.94. The molecule has 0 unspecified atom stereocenters. The molecule has 1 heterocycles. The maximum Gasteiger partial charge on any atom is 0.289 e. The lowest BCUT2D eigenvalue weighted by Gasteiger charge is -2.16. The van der Waals surface area contributed by atoms with Crippen molar-refractivity contribution in [3.05, 3.63) is 58.6 Å². The average molecular weight is 420 g/mol. The zero-order chi connectivity index (χ0) is 20.1. The van der Waals surface area contributed by atoms with Crippen LogP contribution in [-0.4, -0.2) is 34.5 Å². The normalized spacial score (nSPS) is 16.5. The van der Waals surface area contributed by atoms with Gasteiger partial charge in [-0.15, -0.1) is 0 Å². The van der Waals surface area contributed by atoms with Gasteiger partial charge in [0, 0.05) is 11.1 Å². The van der Waals surface area contributed by atoms with Crippen LogP contribution >= 0.6 is 23.4 Å². The predicted molar refractivity (Wildman–Crippen MR) is 111 cm³/mol. The molecule has 2 amide bonds. The molecule has 0 bridgehead atoms. The number of hydrogen-bond donors (Lipinski definition) is 0. The Labute approximate surface area is 174 Å². The van der Waals surface area contributed by atoms with Crippen molar-refractivity contribution in [3.8, 4) is 11.5 Å². The third-order valence-electron chi connectivity index (χ3n) is 4.31. The standard InChI is InChI=1S/C21H22ClNO4S/c1-3-26-17-10-7-15(18(12-17)27-4-2)11-19-20(24)23(21(25)28-19)13-14-5-8-16(22)9-6-14/h5-10,12,19H,3-4,11,13H2,1-2H3/t19-/m0/s1. The molecule has 1 aliphatic rings. The summed E-state index contributed by atoms with van der Waals surface area (Å²) in [4.78, 5) is 26.5. The molecule has 148 valence electrons. The molecule has 2 aromatic carbocycles. The maximum absolute atomic E-state index is 12.8. The minimum Gasteiger partial charge on any atom is -0.494 e. The number of carbonyl (C=O) groups is 2. The number of benzene rings is 2. The van der Waals surface area contributed by atoms with Crippen molar-refractivity contribution >= 4 is 34.5 Å². The van der Waals surface area contributed by atoms with Crippen LogP contribution in [0.5, 0.6) is 11.5 Å². The number of ether oxygens (including phenoxy) is 2. The first kappa shape index (κ1) is 20.6. The fourth-order valence-electron chi connectivity index (χ4n) is 2.99. The zero-order valence-electron chi connectivity index (χ0n) is 15.8. The summed E-state index contributed by atoms with van der Waals surface area (Å²) in [6, 6.07) is 12.7. The van der Waals surface area contributed by atoms with Crippen molar-refractivity contribution in [2.45, 2.75) is 32.1 Å². The minimum atomic E-state index is -0.461. The molecule has 1 aliphatic heterocycles.